The molecule has 0 rings (SSSR count). The quantitative estimate of drug-likeness (QED) is 0.117. The standard InChI is InChI=1S/2C14H32O3Si.5H2S/c2*1-8-12(5)15-18(11-4,16-13(6)9-2)17-14(7)10-3;;;;;/h2*12-14H,8-11H2,1-7H3;5*1H2. The maximum atomic E-state index is 6.18. The van der Waals surface area contributed by atoms with Gasteiger partial charge in [0.25, 0.3) is 0 Å². The van der Waals surface area contributed by atoms with E-state index in [4.69, 9.17) is 26.6 Å². The first kappa shape index (κ1) is 58.5. The van der Waals surface area contributed by atoms with Crippen LogP contribution in [0.1, 0.15) is 135 Å². The summed E-state index contributed by atoms with van der Waals surface area (Å²) in [4.78, 5) is 0. The molecule has 6 unspecified atom stereocenters. The van der Waals surface area contributed by atoms with Gasteiger partial charge in [0.1, 0.15) is 0 Å². The van der Waals surface area contributed by atoms with Crippen molar-refractivity contribution >= 4 is 85.1 Å². The van der Waals surface area contributed by atoms with E-state index in [1.807, 2.05) is 0 Å². The SMILES string of the molecule is CCC(C)O[Si](CC)(OC(C)CC)OC(C)CC.CCC(C)O[Si](CC)(OC(C)CC)OC(C)CC.S.S.S.S.S. The van der Waals surface area contributed by atoms with Crippen LogP contribution < -0.4 is 0 Å². The fourth-order valence-corrected chi connectivity index (χ4v) is 9.02. The van der Waals surface area contributed by atoms with Crippen LogP contribution in [-0.4, -0.2) is 54.2 Å². The highest BCUT2D eigenvalue weighted by atomic mass is 32.1. The number of hydrogen-bond acceptors (Lipinski definition) is 6. The van der Waals surface area contributed by atoms with Gasteiger partial charge in [-0.3, -0.25) is 0 Å². The molecule has 6 nitrogen and oxygen atoms in total. The lowest BCUT2D eigenvalue weighted by molar-refractivity contribution is -0.0108. The zero-order valence-corrected chi connectivity index (χ0v) is 36.1. The van der Waals surface area contributed by atoms with Crippen molar-refractivity contribution in [2.45, 2.75) is 184 Å². The fourth-order valence-electron chi connectivity index (χ4n) is 3.01. The molecule has 0 aromatic heterocycles. The molecule has 0 spiro atoms. The van der Waals surface area contributed by atoms with Crippen LogP contribution in [-0.2, 0) is 26.6 Å². The maximum Gasteiger partial charge on any atom is 0.501 e. The van der Waals surface area contributed by atoms with Gasteiger partial charge in [-0.15, -0.1) is 0 Å². The van der Waals surface area contributed by atoms with Crippen molar-refractivity contribution in [2.24, 2.45) is 0 Å². The molecule has 41 heavy (non-hydrogen) atoms. The Morgan fingerprint density at radius 3 is 0.512 bits per heavy atom. The molecule has 0 fully saturated rings. The Morgan fingerprint density at radius 2 is 0.439 bits per heavy atom. The molecule has 0 aliphatic rings. The van der Waals surface area contributed by atoms with Crippen molar-refractivity contribution in [3.05, 3.63) is 0 Å². The van der Waals surface area contributed by atoms with E-state index in [1.165, 1.54) is 0 Å². The summed E-state index contributed by atoms with van der Waals surface area (Å²) < 4.78 is 37.1. The number of rotatable bonds is 20. The van der Waals surface area contributed by atoms with Gasteiger partial charge >= 0.3 is 17.6 Å². The van der Waals surface area contributed by atoms with Crippen LogP contribution in [0.4, 0.5) is 0 Å². The summed E-state index contributed by atoms with van der Waals surface area (Å²) in [7, 11) is -5.04. The van der Waals surface area contributed by atoms with Crippen molar-refractivity contribution < 1.29 is 26.6 Å². The third kappa shape index (κ3) is 26.8. The lowest BCUT2D eigenvalue weighted by Gasteiger charge is -2.35. The van der Waals surface area contributed by atoms with Gasteiger partial charge in [0, 0.05) is 48.7 Å². The Bertz CT molecular complexity index is 426. The van der Waals surface area contributed by atoms with Crippen LogP contribution in [0.2, 0.25) is 12.1 Å². The van der Waals surface area contributed by atoms with Crippen LogP contribution in [0.25, 0.3) is 0 Å². The monoisotopic (exact) mass is 722 g/mol. The predicted molar refractivity (Wildman–Crippen MR) is 209 cm³/mol. The normalized spacial score (nSPS) is 17.7. The molecule has 0 aliphatic heterocycles. The van der Waals surface area contributed by atoms with Crippen molar-refractivity contribution in [2.75, 3.05) is 0 Å². The van der Waals surface area contributed by atoms with E-state index in [1.54, 1.807) is 0 Å². The van der Waals surface area contributed by atoms with E-state index in [0.717, 1.165) is 50.6 Å². The van der Waals surface area contributed by atoms with Gasteiger partial charge in [-0.25, -0.2) is 0 Å². The van der Waals surface area contributed by atoms with Gasteiger partial charge in [0.2, 0.25) is 0 Å². The van der Waals surface area contributed by atoms with E-state index in [0.29, 0.717) is 0 Å². The van der Waals surface area contributed by atoms with E-state index in [2.05, 4.69) is 96.9 Å². The van der Waals surface area contributed by atoms with Crippen molar-refractivity contribution in [1.82, 2.24) is 0 Å². The van der Waals surface area contributed by atoms with E-state index in [9.17, 15) is 0 Å². The average Bonchev–Trinajstić information content (AvgIpc) is 2.87. The fraction of sp³-hybridized carbons (Fsp3) is 1.00. The van der Waals surface area contributed by atoms with Gasteiger partial charge in [0.15, 0.2) is 0 Å². The molecular formula is C28H74O6S5Si2. The Kier molecular flexibility index (Phi) is 47.5. The Balaban J connectivity index is -0.000000101. The molecule has 0 aliphatic carbocycles. The predicted octanol–water partition coefficient (Wildman–Crippen LogP) is 9.34. The van der Waals surface area contributed by atoms with Gasteiger partial charge in [0.05, 0.1) is 0 Å². The third-order valence-corrected chi connectivity index (χ3v) is 12.9. The van der Waals surface area contributed by atoms with E-state index in [-0.39, 0.29) is 104 Å². The van der Waals surface area contributed by atoms with Crippen molar-refractivity contribution in [1.29, 1.82) is 0 Å². The van der Waals surface area contributed by atoms with Gasteiger partial charge in [-0.05, 0) is 80.1 Å². The minimum atomic E-state index is -2.52. The zero-order chi connectivity index (χ0) is 28.4. The summed E-state index contributed by atoms with van der Waals surface area (Å²) in [6.07, 6.45) is 7.12. The largest absolute Gasteiger partial charge is 0.501 e. The molecule has 260 valence electrons. The van der Waals surface area contributed by atoms with Crippen LogP contribution in [0.5, 0.6) is 0 Å². The smallest absolute Gasteiger partial charge is 0.371 e. The highest BCUT2D eigenvalue weighted by molar-refractivity contribution is 7.60. The minimum absolute atomic E-state index is 0. The third-order valence-electron chi connectivity index (χ3n) is 6.60. The summed E-state index contributed by atoms with van der Waals surface area (Å²) in [5, 5.41) is 0. The second-order valence-electron chi connectivity index (χ2n) is 10.1. The lowest BCUT2D eigenvalue weighted by Crippen LogP contribution is -2.51. The molecule has 0 N–H and O–H groups in total. The molecular weight excluding hydrogens is 649 g/mol. The van der Waals surface area contributed by atoms with Gasteiger partial charge in [-0.1, -0.05) is 55.4 Å². The highest BCUT2D eigenvalue weighted by Gasteiger charge is 2.44. The molecule has 0 heterocycles. The summed E-state index contributed by atoms with van der Waals surface area (Å²) in [5.74, 6) is 0. The molecule has 13 heteroatoms. The Labute approximate surface area is 294 Å². The van der Waals surface area contributed by atoms with E-state index >= 15 is 0 Å². The Hall–Kier alpha value is 1.94. The maximum absolute atomic E-state index is 6.18. The topological polar surface area (TPSA) is 55.4 Å². The van der Waals surface area contributed by atoms with Crippen LogP contribution in [0.3, 0.4) is 0 Å². The number of hydrogen-bond donors (Lipinski definition) is 0. The lowest BCUT2D eigenvalue weighted by atomic mass is 10.3. The van der Waals surface area contributed by atoms with Crippen LogP contribution >= 0.6 is 67.5 Å². The van der Waals surface area contributed by atoms with Crippen molar-refractivity contribution in [3.8, 4) is 0 Å². The van der Waals surface area contributed by atoms with Gasteiger partial charge < -0.3 is 26.6 Å². The molecule has 0 radical (unpaired) electrons. The first-order valence-corrected chi connectivity index (χ1v) is 18.8. The molecule has 6 atom stereocenters. The van der Waals surface area contributed by atoms with E-state index < -0.39 is 17.6 Å². The summed E-state index contributed by atoms with van der Waals surface area (Å²) >= 11 is 0. The summed E-state index contributed by atoms with van der Waals surface area (Å²) in [5.41, 5.74) is 0. The first-order chi connectivity index (χ1) is 16.8. The minimum Gasteiger partial charge on any atom is -0.371 e. The van der Waals surface area contributed by atoms with Crippen molar-refractivity contribution in [3.63, 3.8) is 0 Å². The van der Waals surface area contributed by atoms with Crippen LogP contribution in [0.15, 0.2) is 0 Å². The average molecular weight is 723 g/mol. The highest BCUT2D eigenvalue weighted by Crippen LogP contribution is 2.25. The molecule has 0 bridgehead atoms. The molecule has 0 aromatic rings. The molecule has 0 aromatic carbocycles. The van der Waals surface area contributed by atoms with Crippen LogP contribution in [0, 0.1) is 0 Å². The summed E-state index contributed by atoms with van der Waals surface area (Å²) in [6, 6.07) is 1.68. The van der Waals surface area contributed by atoms with Gasteiger partial charge in [-0.2, -0.15) is 67.5 Å². The second-order valence-corrected chi connectivity index (χ2v) is 15.7. The molecule has 0 saturated carbocycles. The summed E-state index contributed by atoms with van der Waals surface area (Å²) in [6.45, 7) is 29.6. The second kappa shape index (κ2) is 33.3. The zero-order valence-electron chi connectivity index (χ0n) is 29.1. The first-order valence-electron chi connectivity index (χ1n) is 14.9. The molecule has 0 saturated heterocycles. The molecule has 0 amide bonds. The Morgan fingerprint density at radius 1 is 0.317 bits per heavy atom.